The van der Waals surface area contributed by atoms with Gasteiger partial charge in [-0.05, 0) is 12.2 Å². The monoisotopic (exact) mass is 836 g/mol. The van der Waals surface area contributed by atoms with E-state index in [1.807, 2.05) is 0 Å². The van der Waals surface area contributed by atoms with Gasteiger partial charge in [-0.3, -0.25) is 19.2 Å². The Kier molecular flexibility index (Phi) is 16.2. The molecular formula is C26H30Cl6N2O16. The van der Waals surface area contributed by atoms with Crippen molar-refractivity contribution in [2.24, 2.45) is 0 Å². The fourth-order valence-electron chi connectivity index (χ4n) is 4.27. The molecule has 2 aliphatic heterocycles. The van der Waals surface area contributed by atoms with Gasteiger partial charge in [-0.25, -0.2) is 14.4 Å². The van der Waals surface area contributed by atoms with Gasteiger partial charge < -0.3 is 42.6 Å². The molecule has 0 N–H and O–H groups in total. The molecule has 0 unspecified atom stereocenters. The molecule has 2 rings (SSSR count). The van der Waals surface area contributed by atoms with Gasteiger partial charge in [-0.2, -0.15) is 10.0 Å². The number of methoxy groups -OCH3 is 1. The van der Waals surface area contributed by atoms with Crippen molar-refractivity contribution in [2.45, 2.75) is 78.3 Å². The molecule has 0 aromatic rings. The Morgan fingerprint density at radius 2 is 1.14 bits per heavy atom. The van der Waals surface area contributed by atoms with Crippen molar-refractivity contribution in [1.29, 1.82) is 0 Å². The SMILES string of the molecule is COC(=O)[C@@H]1C=C[C@H](O[C@@H]2O[C@H](COC(C)=O)[C@@H](OC(C)=O)[C@H](OC(C)=O)[C@H]2OC(C)=O)N(C(=O)OCC(Cl)(Cl)Cl)N1C(=O)OCC(Cl)(Cl)Cl. The largest absolute Gasteiger partial charge is 0.467 e. The first-order chi connectivity index (χ1) is 23.0. The van der Waals surface area contributed by atoms with Crippen molar-refractivity contribution < 1.29 is 76.2 Å². The quantitative estimate of drug-likeness (QED) is 0.134. The highest BCUT2D eigenvalue weighted by atomic mass is 35.6. The van der Waals surface area contributed by atoms with E-state index in [0.717, 1.165) is 47.0 Å². The molecule has 0 saturated carbocycles. The molecule has 50 heavy (non-hydrogen) atoms. The van der Waals surface area contributed by atoms with Gasteiger partial charge in [0.05, 0.1) is 7.11 Å². The first kappa shape index (κ1) is 43.5. The number of nitrogens with zero attached hydrogens (tertiary/aromatic N) is 2. The molecule has 24 heteroatoms. The van der Waals surface area contributed by atoms with Gasteiger partial charge in [-0.15, -0.1) is 0 Å². The Bertz CT molecular complexity index is 1320. The minimum Gasteiger partial charge on any atom is -0.467 e. The number of amides is 2. The smallest absolute Gasteiger partial charge is 0.431 e. The maximum absolute atomic E-state index is 13.6. The summed E-state index contributed by atoms with van der Waals surface area (Å²) in [5, 5.41) is 0.700. The summed E-state index contributed by atoms with van der Waals surface area (Å²) in [5.74, 6) is -4.76. The van der Waals surface area contributed by atoms with Gasteiger partial charge in [0.1, 0.15) is 25.9 Å². The van der Waals surface area contributed by atoms with E-state index in [1.165, 1.54) is 0 Å². The molecule has 2 heterocycles. The molecule has 0 aromatic carbocycles. The average Bonchev–Trinajstić information content (AvgIpc) is 2.98. The van der Waals surface area contributed by atoms with Gasteiger partial charge in [0.2, 0.25) is 13.9 Å². The Morgan fingerprint density at radius 3 is 1.60 bits per heavy atom. The van der Waals surface area contributed by atoms with Gasteiger partial charge in [0.25, 0.3) is 0 Å². The van der Waals surface area contributed by atoms with Crippen LogP contribution in [0.15, 0.2) is 12.2 Å². The Morgan fingerprint density at radius 1 is 0.660 bits per heavy atom. The Balaban J connectivity index is 2.73. The van der Waals surface area contributed by atoms with Crippen LogP contribution < -0.4 is 0 Å². The first-order valence-corrected chi connectivity index (χ1v) is 16.1. The van der Waals surface area contributed by atoms with E-state index in [2.05, 4.69) is 0 Å². The van der Waals surface area contributed by atoms with Crippen molar-refractivity contribution >= 4 is 112 Å². The maximum atomic E-state index is 13.6. The van der Waals surface area contributed by atoms with Crippen molar-refractivity contribution in [2.75, 3.05) is 26.9 Å². The summed E-state index contributed by atoms with van der Waals surface area (Å²) in [6.45, 7) is 1.59. The number of alkyl halides is 6. The van der Waals surface area contributed by atoms with E-state index >= 15 is 0 Å². The van der Waals surface area contributed by atoms with Gasteiger partial charge in [-0.1, -0.05) is 69.6 Å². The molecule has 0 aromatic heterocycles. The van der Waals surface area contributed by atoms with Crippen molar-refractivity contribution in [3.05, 3.63) is 12.2 Å². The summed E-state index contributed by atoms with van der Waals surface area (Å²) < 4.78 is 43.4. The number of esters is 5. The van der Waals surface area contributed by atoms with E-state index < -0.39 is 112 Å². The fourth-order valence-corrected chi connectivity index (χ4v) is 4.60. The van der Waals surface area contributed by atoms with Crippen LogP contribution in [0.5, 0.6) is 0 Å². The van der Waals surface area contributed by atoms with E-state index in [-0.39, 0.29) is 0 Å². The van der Waals surface area contributed by atoms with Crippen LogP contribution in [-0.4, -0.2) is 130 Å². The predicted octanol–water partition coefficient (Wildman–Crippen LogP) is 3.06. The zero-order chi connectivity index (χ0) is 38.1. The fraction of sp³-hybridized carbons (Fsp3) is 0.654. The van der Waals surface area contributed by atoms with E-state index in [1.54, 1.807) is 0 Å². The standard InChI is InChI=1S/C26H30Cl6N2O16/c1-11(35)43-8-16-18(46-12(2)36)19(47-13(3)37)20(48-14(4)38)22(49-16)50-17-7-6-15(21(39)42-5)33(23(40)44-9-25(27,28)29)34(17)24(41)45-10-26(30,31)32/h6-7,15-20,22H,8-10H2,1-5H3/t15-,16+,17-,18+,19-,20+,22-/m0/s1. The van der Waals surface area contributed by atoms with Crippen LogP contribution in [0.2, 0.25) is 0 Å². The molecule has 1 fully saturated rings. The summed E-state index contributed by atoms with van der Waals surface area (Å²) in [5.41, 5.74) is 0. The number of carbonyl (C=O) groups excluding carboxylic acids is 7. The second kappa shape index (κ2) is 18.7. The first-order valence-electron chi connectivity index (χ1n) is 13.8. The van der Waals surface area contributed by atoms with Crippen LogP contribution in [0.1, 0.15) is 27.7 Å². The zero-order valence-corrected chi connectivity index (χ0v) is 31.0. The van der Waals surface area contributed by atoms with Crippen LogP contribution in [0.3, 0.4) is 0 Å². The van der Waals surface area contributed by atoms with Crippen LogP contribution in [0.25, 0.3) is 0 Å². The van der Waals surface area contributed by atoms with Crippen LogP contribution in [0.4, 0.5) is 9.59 Å². The van der Waals surface area contributed by atoms with E-state index in [9.17, 15) is 33.6 Å². The average molecular weight is 839 g/mol. The third kappa shape index (κ3) is 13.4. The Hall–Kier alpha value is -2.71. The lowest BCUT2D eigenvalue weighted by molar-refractivity contribution is -0.327. The lowest BCUT2D eigenvalue weighted by atomic mass is 9.98. The van der Waals surface area contributed by atoms with Crippen LogP contribution >= 0.6 is 69.6 Å². The van der Waals surface area contributed by atoms with E-state index in [4.69, 9.17) is 112 Å². The molecular weight excluding hydrogens is 809 g/mol. The molecule has 2 aliphatic rings. The number of ether oxygens (including phenoxy) is 9. The predicted molar refractivity (Wildman–Crippen MR) is 169 cm³/mol. The summed E-state index contributed by atoms with van der Waals surface area (Å²) >= 11 is 34.3. The van der Waals surface area contributed by atoms with Crippen LogP contribution in [-0.2, 0) is 66.6 Å². The van der Waals surface area contributed by atoms with Gasteiger partial charge in [0.15, 0.2) is 30.6 Å². The third-order valence-corrected chi connectivity index (χ3v) is 6.61. The van der Waals surface area contributed by atoms with Gasteiger partial charge in [0, 0.05) is 27.7 Å². The van der Waals surface area contributed by atoms with Crippen molar-refractivity contribution in [1.82, 2.24) is 10.0 Å². The number of hydrazine groups is 1. The highest BCUT2D eigenvalue weighted by Crippen LogP contribution is 2.34. The number of rotatable bonds is 10. The van der Waals surface area contributed by atoms with Gasteiger partial charge >= 0.3 is 42.0 Å². The van der Waals surface area contributed by atoms with Crippen molar-refractivity contribution in [3.63, 3.8) is 0 Å². The van der Waals surface area contributed by atoms with Crippen molar-refractivity contribution in [3.8, 4) is 0 Å². The molecule has 0 radical (unpaired) electrons. The van der Waals surface area contributed by atoms with Crippen LogP contribution in [0, 0.1) is 0 Å². The molecule has 0 spiro atoms. The number of hydrogen-bond donors (Lipinski definition) is 0. The molecule has 2 amide bonds. The molecule has 282 valence electrons. The summed E-state index contributed by atoms with van der Waals surface area (Å²) in [7, 11) is 0.965. The molecule has 1 saturated heterocycles. The minimum absolute atomic E-state index is 0.346. The third-order valence-electron chi connectivity index (χ3n) is 5.95. The lowest BCUT2D eigenvalue weighted by Crippen LogP contribution is -2.66. The highest BCUT2D eigenvalue weighted by molar-refractivity contribution is 6.68. The number of halogens is 6. The zero-order valence-electron chi connectivity index (χ0n) is 26.5. The highest BCUT2D eigenvalue weighted by Gasteiger charge is 2.55. The second-order valence-electron chi connectivity index (χ2n) is 9.98. The summed E-state index contributed by atoms with van der Waals surface area (Å²) in [6.07, 6.45) is -11.3. The number of carbonyl (C=O) groups is 7. The molecule has 0 bridgehead atoms. The Labute approximate surface area is 314 Å². The van der Waals surface area contributed by atoms with E-state index in [0.29, 0.717) is 10.0 Å². The number of hydrogen-bond acceptors (Lipinski definition) is 16. The lowest BCUT2D eigenvalue weighted by Gasteiger charge is -2.47. The summed E-state index contributed by atoms with van der Waals surface area (Å²) in [6, 6.07) is -1.77. The second-order valence-corrected chi connectivity index (χ2v) is 15.0. The topological polar surface area (TPSA) is 209 Å². The minimum atomic E-state index is -2.18. The normalized spacial score (nSPS) is 25.1. The molecule has 0 aliphatic carbocycles. The summed E-state index contributed by atoms with van der Waals surface area (Å²) in [4.78, 5) is 88.0. The molecule has 7 atom stereocenters. The maximum Gasteiger partial charge on any atom is 0.431 e. The molecule has 18 nitrogen and oxygen atoms in total.